The van der Waals surface area contributed by atoms with Crippen molar-refractivity contribution in [2.75, 3.05) is 5.75 Å². The molecule has 1 aromatic carbocycles. The fourth-order valence-electron chi connectivity index (χ4n) is 1.39. The number of hydrogen-bond donors (Lipinski definition) is 1. The second-order valence-corrected chi connectivity index (χ2v) is 4.35. The molecule has 1 heterocycles. The van der Waals surface area contributed by atoms with Crippen LogP contribution in [-0.4, -0.2) is 21.7 Å². The molecule has 4 heteroatoms. The molecule has 1 fully saturated rings. The zero-order chi connectivity index (χ0) is 10.7. The van der Waals surface area contributed by atoms with Gasteiger partial charge in [-0.15, -0.1) is 0 Å². The molecular formula is C11H11NO2S. The summed E-state index contributed by atoms with van der Waals surface area (Å²) >= 11 is 1.31. The lowest BCUT2D eigenvalue weighted by Gasteiger charge is -2.00. The van der Waals surface area contributed by atoms with Crippen LogP contribution in [0.1, 0.15) is 12.0 Å². The minimum atomic E-state index is 0.0745. The van der Waals surface area contributed by atoms with Crippen molar-refractivity contribution in [3.8, 4) is 5.75 Å². The molecule has 0 radical (unpaired) electrons. The molecule has 1 saturated heterocycles. The Morgan fingerprint density at radius 2 is 2.20 bits per heavy atom. The standard InChI is InChI=1S/C11H11NO2S/c13-10-4-2-1-3-8(10)7-12-9-5-6-15-11(9)14/h1-4,13H,5-7H2. The van der Waals surface area contributed by atoms with E-state index < -0.39 is 0 Å². The molecule has 0 aromatic heterocycles. The number of rotatable bonds is 2. The first-order valence-corrected chi connectivity index (χ1v) is 5.73. The molecule has 1 aliphatic rings. The number of hydrogen-bond acceptors (Lipinski definition) is 4. The zero-order valence-electron chi connectivity index (χ0n) is 8.14. The molecule has 0 spiro atoms. The fraction of sp³-hybridized carbons (Fsp3) is 0.273. The van der Waals surface area contributed by atoms with Gasteiger partial charge in [-0.05, 0) is 6.07 Å². The highest BCUT2D eigenvalue weighted by Crippen LogP contribution is 2.20. The van der Waals surface area contributed by atoms with Crippen LogP contribution in [0.5, 0.6) is 5.75 Å². The van der Waals surface area contributed by atoms with Gasteiger partial charge in [-0.3, -0.25) is 9.79 Å². The van der Waals surface area contributed by atoms with Crippen LogP contribution in [0.25, 0.3) is 0 Å². The summed E-state index contributed by atoms with van der Waals surface area (Å²) in [6, 6.07) is 7.05. The summed E-state index contributed by atoms with van der Waals surface area (Å²) in [6.45, 7) is 0.383. The lowest BCUT2D eigenvalue weighted by molar-refractivity contribution is -0.105. The van der Waals surface area contributed by atoms with E-state index >= 15 is 0 Å². The Balaban J connectivity index is 2.10. The molecule has 0 aliphatic carbocycles. The summed E-state index contributed by atoms with van der Waals surface area (Å²) in [5.74, 6) is 1.07. The Bertz CT molecular complexity index is 415. The van der Waals surface area contributed by atoms with Crippen molar-refractivity contribution in [1.29, 1.82) is 0 Å². The second kappa shape index (κ2) is 4.49. The summed E-state index contributed by atoms with van der Waals surface area (Å²) in [4.78, 5) is 15.5. The minimum Gasteiger partial charge on any atom is -0.508 e. The molecule has 1 aliphatic heterocycles. The van der Waals surface area contributed by atoms with Crippen molar-refractivity contribution in [3.63, 3.8) is 0 Å². The van der Waals surface area contributed by atoms with Crippen LogP contribution in [0, 0.1) is 0 Å². The van der Waals surface area contributed by atoms with E-state index in [2.05, 4.69) is 4.99 Å². The minimum absolute atomic E-state index is 0.0745. The van der Waals surface area contributed by atoms with Crippen molar-refractivity contribution in [2.45, 2.75) is 13.0 Å². The third-order valence-electron chi connectivity index (χ3n) is 2.24. The highest BCUT2D eigenvalue weighted by molar-refractivity contribution is 8.16. The third-order valence-corrected chi connectivity index (χ3v) is 3.15. The second-order valence-electron chi connectivity index (χ2n) is 3.28. The van der Waals surface area contributed by atoms with Crippen LogP contribution in [0.3, 0.4) is 0 Å². The van der Waals surface area contributed by atoms with Gasteiger partial charge in [0.25, 0.3) is 0 Å². The normalized spacial score (nSPS) is 18.7. The van der Waals surface area contributed by atoms with Gasteiger partial charge in [-0.1, -0.05) is 30.0 Å². The first-order valence-electron chi connectivity index (χ1n) is 4.74. The topological polar surface area (TPSA) is 49.7 Å². The number of phenols is 1. The number of benzene rings is 1. The lowest BCUT2D eigenvalue weighted by atomic mass is 10.2. The molecular weight excluding hydrogens is 210 g/mol. The van der Waals surface area contributed by atoms with Gasteiger partial charge in [-0.25, -0.2) is 0 Å². The van der Waals surface area contributed by atoms with E-state index in [1.807, 2.05) is 12.1 Å². The Morgan fingerprint density at radius 1 is 1.40 bits per heavy atom. The Kier molecular flexibility index (Phi) is 3.06. The number of aromatic hydroxyl groups is 1. The molecule has 0 bridgehead atoms. The molecule has 15 heavy (non-hydrogen) atoms. The summed E-state index contributed by atoms with van der Waals surface area (Å²) in [5, 5.41) is 9.57. The number of aliphatic imine (C=N–C) groups is 1. The molecule has 3 nitrogen and oxygen atoms in total. The van der Waals surface area contributed by atoms with Gasteiger partial charge < -0.3 is 5.11 Å². The maximum atomic E-state index is 11.3. The van der Waals surface area contributed by atoms with E-state index in [1.54, 1.807) is 12.1 Å². The summed E-state index contributed by atoms with van der Waals surface area (Å²) in [7, 11) is 0. The number of phenolic OH excluding ortho intramolecular Hbond substituents is 1. The van der Waals surface area contributed by atoms with Crippen molar-refractivity contribution < 1.29 is 9.90 Å². The van der Waals surface area contributed by atoms with E-state index in [0.29, 0.717) is 12.3 Å². The van der Waals surface area contributed by atoms with Gasteiger partial charge in [0, 0.05) is 17.7 Å². The number of nitrogens with zero attached hydrogens (tertiary/aromatic N) is 1. The summed E-state index contributed by atoms with van der Waals surface area (Å²) < 4.78 is 0. The van der Waals surface area contributed by atoms with Crippen molar-refractivity contribution in [3.05, 3.63) is 29.8 Å². The number of carbonyl (C=O) groups excluding carboxylic acids is 1. The van der Waals surface area contributed by atoms with Crippen LogP contribution >= 0.6 is 11.8 Å². The maximum absolute atomic E-state index is 11.3. The first kappa shape index (κ1) is 10.2. The van der Waals surface area contributed by atoms with Gasteiger partial charge in [0.2, 0.25) is 5.12 Å². The van der Waals surface area contributed by atoms with Crippen LogP contribution < -0.4 is 0 Å². The van der Waals surface area contributed by atoms with Gasteiger partial charge in [0.15, 0.2) is 0 Å². The van der Waals surface area contributed by atoms with Gasteiger partial charge in [0.05, 0.1) is 12.3 Å². The lowest BCUT2D eigenvalue weighted by Crippen LogP contribution is -2.02. The predicted molar refractivity (Wildman–Crippen MR) is 61.3 cm³/mol. The molecule has 0 atom stereocenters. The van der Waals surface area contributed by atoms with Gasteiger partial charge >= 0.3 is 0 Å². The molecule has 1 aromatic rings. The molecule has 0 amide bonds. The average molecular weight is 221 g/mol. The molecule has 2 rings (SSSR count). The first-order chi connectivity index (χ1) is 7.27. The maximum Gasteiger partial charge on any atom is 0.233 e. The number of thioether (sulfide) groups is 1. The van der Waals surface area contributed by atoms with E-state index in [4.69, 9.17) is 0 Å². The number of carbonyl (C=O) groups is 1. The fourth-order valence-corrected chi connectivity index (χ4v) is 2.21. The Morgan fingerprint density at radius 3 is 2.87 bits per heavy atom. The van der Waals surface area contributed by atoms with Crippen LogP contribution in [0.2, 0.25) is 0 Å². The number of para-hydroxylation sites is 1. The Hall–Kier alpha value is -1.29. The van der Waals surface area contributed by atoms with Crippen molar-refractivity contribution in [2.24, 2.45) is 4.99 Å². The quantitative estimate of drug-likeness (QED) is 0.831. The zero-order valence-corrected chi connectivity index (χ0v) is 8.96. The Labute approximate surface area is 92.2 Å². The van der Waals surface area contributed by atoms with E-state index in [0.717, 1.165) is 17.7 Å². The smallest absolute Gasteiger partial charge is 0.233 e. The average Bonchev–Trinajstić information content (AvgIpc) is 2.63. The van der Waals surface area contributed by atoms with Gasteiger partial charge in [0.1, 0.15) is 5.75 Å². The SMILES string of the molecule is O=C1SCCC1=NCc1ccccc1O. The van der Waals surface area contributed by atoms with E-state index in [1.165, 1.54) is 11.8 Å². The molecule has 0 saturated carbocycles. The van der Waals surface area contributed by atoms with Crippen LogP contribution in [-0.2, 0) is 11.3 Å². The summed E-state index contributed by atoms with van der Waals surface area (Å²) in [5.41, 5.74) is 1.40. The van der Waals surface area contributed by atoms with Gasteiger partial charge in [-0.2, -0.15) is 0 Å². The summed E-state index contributed by atoms with van der Waals surface area (Å²) in [6.07, 6.45) is 0.747. The van der Waals surface area contributed by atoms with Crippen LogP contribution in [0.4, 0.5) is 0 Å². The molecule has 1 N–H and O–H groups in total. The molecule has 0 unspecified atom stereocenters. The van der Waals surface area contributed by atoms with Crippen molar-refractivity contribution in [1.82, 2.24) is 0 Å². The van der Waals surface area contributed by atoms with Crippen LogP contribution in [0.15, 0.2) is 29.3 Å². The predicted octanol–water partition coefficient (Wildman–Crippen LogP) is 2.00. The largest absolute Gasteiger partial charge is 0.508 e. The highest BCUT2D eigenvalue weighted by atomic mass is 32.2. The third kappa shape index (κ3) is 2.39. The monoisotopic (exact) mass is 221 g/mol. The van der Waals surface area contributed by atoms with Crippen molar-refractivity contribution >= 4 is 22.6 Å². The highest BCUT2D eigenvalue weighted by Gasteiger charge is 2.19. The molecule has 78 valence electrons. The van der Waals surface area contributed by atoms with E-state index in [-0.39, 0.29) is 10.9 Å². The van der Waals surface area contributed by atoms with E-state index in [9.17, 15) is 9.90 Å².